The molecule has 1 fully saturated rings. The number of piperazine rings is 1. The summed E-state index contributed by atoms with van der Waals surface area (Å²) in [7, 11) is 5.32. The molecule has 10 nitrogen and oxygen atoms in total. The van der Waals surface area contributed by atoms with Crippen LogP contribution in [0.25, 0.3) is 0 Å². The Morgan fingerprint density at radius 3 is 2.59 bits per heavy atom. The summed E-state index contributed by atoms with van der Waals surface area (Å²) in [5.74, 6) is 1.14. The van der Waals surface area contributed by atoms with Gasteiger partial charge in [-0.15, -0.1) is 0 Å². The molecule has 3 heterocycles. The van der Waals surface area contributed by atoms with Crippen LogP contribution in [0.15, 0.2) is 52.7 Å². The first-order chi connectivity index (χ1) is 15.5. The van der Waals surface area contributed by atoms with Crippen LogP contribution < -0.4 is 25.8 Å². The van der Waals surface area contributed by atoms with E-state index in [4.69, 9.17) is 25.2 Å². The average Bonchev–Trinajstić information content (AvgIpc) is 2.83. The van der Waals surface area contributed by atoms with Gasteiger partial charge in [0, 0.05) is 50.7 Å². The first kappa shape index (κ1) is 21.8. The molecule has 10 heteroatoms. The third kappa shape index (κ3) is 4.76. The number of benzene rings is 1. The first-order valence-corrected chi connectivity index (χ1v) is 10.5. The topological polar surface area (TPSA) is 113 Å². The van der Waals surface area contributed by atoms with Gasteiger partial charge in [0.15, 0.2) is 11.5 Å². The SMILES string of the molecule is COc1ccc(C2(N)N=C(NCc3cccnc3)N=C(N3CCN(C)CC3)N2)cc1OC. The number of nitrogens with one attached hydrogen (secondary N) is 2. The number of aliphatic imine (C=N–C) groups is 2. The van der Waals surface area contributed by atoms with Crippen molar-refractivity contribution in [2.75, 3.05) is 47.4 Å². The highest BCUT2D eigenvalue weighted by Crippen LogP contribution is 2.32. The van der Waals surface area contributed by atoms with E-state index >= 15 is 0 Å². The fourth-order valence-corrected chi connectivity index (χ4v) is 3.66. The predicted octanol–water partition coefficient (Wildman–Crippen LogP) is 0.520. The average molecular weight is 439 g/mol. The Balaban J connectivity index is 1.64. The van der Waals surface area contributed by atoms with Crippen molar-refractivity contribution in [2.24, 2.45) is 15.7 Å². The molecule has 1 aromatic heterocycles. The van der Waals surface area contributed by atoms with Crippen LogP contribution in [0.5, 0.6) is 11.5 Å². The molecule has 170 valence electrons. The van der Waals surface area contributed by atoms with Crippen molar-refractivity contribution in [2.45, 2.75) is 12.3 Å². The van der Waals surface area contributed by atoms with Crippen LogP contribution in [0.3, 0.4) is 0 Å². The van der Waals surface area contributed by atoms with E-state index < -0.39 is 5.79 Å². The number of likely N-dealkylation sites (N-methyl/N-ethyl adjacent to an activating group) is 1. The minimum absolute atomic E-state index is 0.457. The van der Waals surface area contributed by atoms with E-state index in [1.807, 2.05) is 36.5 Å². The quantitative estimate of drug-likeness (QED) is 0.619. The zero-order valence-corrected chi connectivity index (χ0v) is 18.7. The van der Waals surface area contributed by atoms with E-state index in [2.05, 4.69) is 32.5 Å². The Bertz CT molecular complexity index is 989. The standard InChI is InChI=1S/C22H30N8O2/c1-29-9-11-30(12-10-29)21-26-20(25-15-16-5-4-8-24-14-16)27-22(23,28-21)17-6-7-18(31-2)19(13-17)32-3/h4-8,13-14H,9-12,15,23H2,1-3H3,(H2,25,26,27,28). The Hall–Kier alpha value is -3.37. The van der Waals surface area contributed by atoms with E-state index in [9.17, 15) is 0 Å². The summed E-state index contributed by atoms with van der Waals surface area (Å²) < 4.78 is 10.8. The van der Waals surface area contributed by atoms with Gasteiger partial charge in [0.2, 0.25) is 17.7 Å². The summed E-state index contributed by atoms with van der Waals surface area (Å²) in [6.07, 6.45) is 3.56. The molecule has 0 spiro atoms. The second-order valence-corrected chi connectivity index (χ2v) is 7.84. The van der Waals surface area contributed by atoms with Crippen molar-refractivity contribution in [3.63, 3.8) is 0 Å². The molecule has 0 saturated carbocycles. The van der Waals surface area contributed by atoms with E-state index in [-0.39, 0.29) is 0 Å². The fraction of sp³-hybridized carbons (Fsp3) is 0.409. The van der Waals surface area contributed by atoms with E-state index in [1.165, 1.54) is 0 Å². The van der Waals surface area contributed by atoms with Crippen LogP contribution >= 0.6 is 0 Å². The number of guanidine groups is 2. The highest BCUT2D eigenvalue weighted by atomic mass is 16.5. The molecule has 1 aromatic carbocycles. The van der Waals surface area contributed by atoms with E-state index in [0.29, 0.717) is 30.0 Å². The van der Waals surface area contributed by atoms with Crippen LogP contribution in [-0.4, -0.2) is 74.1 Å². The molecule has 0 bridgehead atoms. The molecule has 4 N–H and O–H groups in total. The maximum Gasteiger partial charge on any atom is 0.225 e. The number of ether oxygens (including phenoxy) is 2. The molecular weight excluding hydrogens is 408 g/mol. The predicted molar refractivity (Wildman–Crippen MR) is 124 cm³/mol. The lowest BCUT2D eigenvalue weighted by atomic mass is 10.1. The van der Waals surface area contributed by atoms with E-state index in [0.717, 1.165) is 37.3 Å². The molecule has 0 amide bonds. The molecular formula is C22H30N8O2. The molecule has 0 aliphatic carbocycles. The van der Waals surface area contributed by atoms with Crippen LogP contribution in [-0.2, 0) is 12.3 Å². The summed E-state index contributed by atoms with van der Waals surface area (Å²) in [6.45, 7) is 4.13. The van der Waals surface area contributed by atoms with Gasteiger partial charge in [0.25, 0.3) is 0 Å². The van der Waals surface area contributed by atoms with Gasteiger partial charge < -0.3 is 29.9 Å². The molecule has 1 atom stereocenters. The van der Waals surface area contributed by atoms with E-state index in [1.54, 1.807) is 20.4 Å². The van der Waals surface area contributed by atoms with Crippen molar-refractivity contribution < 1.29 is 9.47 Å². The van der Waals surface area contributed by atoms with Crippen LogP contribution in [0.4, 0.5) is 0 Å². The Morgan fingerprint density at radius 1 is 1.12 bits per heavy atom. The largest absolute Gasteiger partial charge is 0.493 e. The van der Waals surface area contributed by atoms with Crippen molar-refractivity contribution in [3.8, 4) is 11.5 Å². The zero-order valence-electron chi connectivity index (χ0n) is 18.7. The number of nitrogens with two attached hydrogens (primary N) is 1. The van der Waals surface area contributed by atoms with Gasteiger partial charge in [-0.2, -0.15) is 4.99 Å². The molecule has 2 aliphatic heterocycles. The second-order valence-electron chi connectivity index (χ2n) is 7.84. The maximum atomic E-state index is 6.81. The smallest absolute Gasteiger partial charge is 0.225 e. The van der Waals surface area contributed by atoms with Gasteiger partial charge in [0.1, 0.15) is 0 Å². The number of rotatable bonds is 5. The summed E-state index contributed by atoms with van der Waals surface area (Å²) in [5, 5.41) is 6.65. The van der Waals surface area contributed by atoms with Gasteiger partial charge in [-0.05, 0) is 36.9 Å². The molecule has 4 rings (SSSR count). The summed E-state index contributed by atoms with van der Waals surface area (Å²) in [4.78, 5) is 18.1. The highest BCUT2D eigenvalue weighted by molar-refractivity contribution is 5.97. The number of aromatic nitrogens is 1. The number of nitrogens with zero attached hydrogens (tertiary/aromatic N) is 5. The third-order valence-corrected chi connectivity index (χ3v) is 5.60. The summed E-state index contributed by atoms with van der Waals surface area (Å²) in [6, 6.07) is 9.43. The van der Waals surface area contributed by atoms with Gasteiger partial charge in [-0.25, -0.2) is 4.99 Å². The van der Waals surface area contributed by atoms with Crippen molar-refractivity contribution in [1.82, 2.24) is 25.4 Å². The first-order valence-electron chi connectivity index (χ1n) is 10.5. The van der Waals surface area contributed by atoms with Gasteiger partial charge in [-0.3, -0.25) is 10.7 Å². The lowest BCUT2D eigenvalue weighted by Crippen LogP contribution is -2.62. The van der Waals surface area contributed by atoms with Gasteiger partial charge in [0.05, 0.1) is 14.2 Å². The second kappa shape index (κ2) is 9.41. The van der Waals surface area contributed by atoms with Gasteiger partial charge in [-0.1, -0.05) is 6.07 Å². The Kier molecular flexibility index (Phi) is 6.42. The number of hydrogen-bond acceptors (Lipinski definition) is 10. The number of methoxy groups -OCH3 is 2. The molecule has 2 aliphatic rings. The number of pyridine rings is 1. The monoisotopic (exact) mass is 438 g/mol. The van der Waals surface area contributed by atoms with Crippen LogP contribution in [0.1, 0.15) is 11.1 Å². The fourth-order valence-electron chi connectivity index (χ4n) is 3.66. The van der Waals surface area contributed by atoms with Crippen molar-refractivity contribution in [1.29, 1.82) is 0 Å². The third-order valence-electron chi connectivity index (χ3n) is 5.60. The number of hydrogen-bond donors (Lipinski definition) is 3. The van der Waals surface area contributed by atoms with Gasteiger partial charge >= 0.3 is 0 Å². The lowest BCUT2D eigenvalue weighted by molar-refractivity contribution is 0.206. The molecule has 1 saturated heterocycles. The van der Waals surface area contributed by atoms with Crippen molar-refractivity contribution in [3.05, 3.63) is 53.9 Å². The minimum atomic E-state index is -1.22. The summed E-state index contributed by atoms with van der Waals surface area (Å²) >= 11 is 0. The van der Waals surface area contributed by atoms with Crippen molar-refractivity contribution >= 4 is 11.9 Å². The lowest BCUT2D eigenvalue weighted by Gasteiger charge is -2.40. The molecule has 1 unspecified atom stereocenters. The molecule has 32 heavy (non-hydrogen) atoms. The Morgan fingerprint density at radius 2 is 1.91 bits per heavy atom. The maximum absolute atomic E-state index is 6.81. The van der Waals surface area contributed by atoms with Crippen LogP contribution in [0, 0.1) is 0 Å². The summed E-state index contributed by atoms with van der Waals surface area (Å²) in [5.41, 5.74) is 8.57. The normalized spacial score (nSPS) is 21.3. The molecule has 0 radical (unpaired) electrons. The Labute approximate surface area is 188 Å². The minimum Gasteiger partial charge on any atom is -0.493 e. The van der Waals surface area contributed by atoms with Crippen LogP contribution in [0.2, 0.25) is 0 Å². The zero-order chi connectivity index (χ0) is 22.6. The highest BCUT2D eigenvalue weighted by Gasteiger charge is 2.35. The molecule has 2 aromatic rings.